The van der Waals surface area contributed by atoms with Crippen LogP contribution in [0.4, 0.5) is 5.69 Å². The molecule has 1 aromatic carbocycles. The zero-order chi connectivity index (χ0) is 14.0. The summed E-state index contributed by atoms with van der Waals surface area (Å²) in [6.07, 6.45) is 0. The van der Waals surface area contributed by atoms with Crippen molar-refractivity contribution in [3.8, 4) is 0 Å². The van der Waals surface area contributed by atoms with E-state index in [-0.39, 0.29) is 15.7 Å². The van der Waals surface area contributed by atoms with Crippen LogP contribution in [0.1, 0.15) is 10.5 Å². The third-order valence-corrected chi connectivity index (χ3v) is 2.95. The molecule has 0 aliphatic carbocycles. The van der Waals surface area contributed by atoms with Crippen LogP contribution < -0.4 is 16.6 Å². The van der Waals surface area contributed by atoms with E-state index >= 15 is 0 Å². The van der Waals surface area contributed by atoms with Crippen molar-refractivity contribution in [3.05, 3.63) is 54.8 Å². The number of nitrogens with zero attached hydrogens (tertiary/aromatic N) is 1. The summed E-state index contributed by atoms with van der Waals surface area (Å²) >= 11 is 11.7. The average molecular weight is 301 g/mol. The molecule has 3 N–H and O–H groups in total. The average Bonchev–Trinajstić information content (AvgIpc) is 2.34. The van der Waals surface area contributed by atoms with Crippen molar-refractivity contribution in [3.63, 3.8) is 0 Å². The fraction of sp³-hybridized carbons (Fsp3) is 0. The Morgan fingerprint density at radius 3 is 2.68 bits per heavy atom. The van der Waals surface area contributed by atoms with Crippen molar-refractivity contribution < 1.29 is 4.79 Å². The highest BCUT2D eigenvalue weighted by molar-refractivity contribution is 6.44. The van der Waals surface area contributed by atoms with E-state index in [1.165, 1.54) is 6.07 Å². The highest BCUT2D eigenvalue weighted by atomic mass is 35.5. The van der Waals surface area contributed by atoms with E-state index in [0.29, 0.717) is 0 Å². The van der Waals surface area contributed by atoms with Crippen molar-refractivity contribution in [2.45, 2.75) is 0 Å². The Morgan fingerprint density at radius 1 is 1.26 bits per heavy atom. The van der Waals surface area contributed by atoms with E-state index in [1.54, 1.807) is 12.1 Å². The number of hydrogen-bond acceptors (Lipinski definition) is 4. The Labute approximate surface area is 115 Å². The first-order chi connectivity index (χ1) is 8.99. The molecule has 0 saturated heterocycles. The number of aromatic amines is 2. The smallest absolute Gasteiger partial charge is 0.319 e. The normalized spacial score (nSPS) is 10.2. The zero-order valence-corrected chi connectivity index (χ0v) is 10.7. The van der Waals surface area contributed by atoms with Gasteiger partial charge in [-0.25, -0.2) is 9.89 Å². The van der Waals surface area contributed by atoms with Crippen molar-refractivity contribution in [2.75, 3.05) is 5.32 Å². The molecule has 2 aromatic rings. The van der Waals surface area contributed by atoms with Crippen LogP contribution in [0.15, 0.2) is 27.8 Å². The van der Waals surface area contributed by atoms with Gasteiger partial charge in [0.05, 0.1) is 15.7 Å². The number of anilines is 1. The van der Waals surface area contributed by atoms with Crippen LogP contribution in [0.2, 0.25) is 10.0 Å². The Kier molecular flexibility index (Phi) is 3.68. The van der Waals surface area contributed by atoms with Gasteiger partial charge in [-0.2, -0.15) is 5.10 Å². The number of nitrogens with one attached hydrogen (secondary N) is 3. The number of carbonyl (C=O) groups excluding carboxylic acids is 1. The first kappa shape index (κ1) is 13.3. The number of hydrogen-bond donors (Lipinski definition) is 3. The minimum atomic E-state index is -0.903. The summed E-state index contributed by atoms with van der Waals surface area (Å²) in [5, 5.41) is 8.07. The third-order valence-electron chi connectivity index (χ3n) is 2.13. The molecule has 0 aliphatic rings. The number of aromatic nitrogens is 3. The first-order valence-electron chi connectivity index (χ1n) is 4.93. The van der Waals surface area contributed by atoms with Crippen LogP contribution in [0, 0.1) is 0 Å². The molecule has 9 heteroatoms. The highest BCUT2D eigenvalue weighted by Gasteiger charge is 2.15. The molecule has 19 heavy (non-hydrogen) atoms. The van der Waals surface area contributed by atoms with E-state index in [1.807, 2.05) is 10.1 Å². The topological polar surface area (TPSA) is 108 Å². The second kappa shape index (κ2) is 5.25. The number of rotatable bonds is 2. The number of benzene rings is 1. The maximum atomic E-state index is 11.8. The number of amides is 1. The van der Waals surface area contributed by atoms with Crippen LogP contribution in [-0.4, -0.2) is 21.1 Å². The lowest BCUT2D eigenvalue weighted by Crippen LogP contribution is -2.32. The summed E-state index contributed by atoms with van der Waals surface area (Å²) in [6.45, 7) is 0. The molecule has 0 saturated carbocycles. The molecule has 1 heterocycles. The maximum Gasteiger partial charge on any atom is 0.342 e. The monoisotopic (exact) mass is 300 g/mol. The summed E-state index contributed by atoms with van der Waals surface area (Å²) in [6, 6.07) is 4.63. The second-order valence-electron chi connectivity index (χ2n) is 3.41. The molecule has 2 rings (SSSR count). The number of halogens is 2. The third kappa shape index (κ3) is 2.83. The Morgan fingerprint density at radius 2 is 2.00 bits per heavy atom. The van der Waals surface area contributed by atoms with Crippen molar-refractivity contribution in [2.24, 2.45) is 0 Å². The predicted octanol–water partition coefficient (Wildman–Crippen LogP) is 1.02. The maximum absolute atomic E-state index is 11.8. The molecule has 7 nitrogen and oxygen atoms in total. The van der Waals surface area contributed by atoms with Crippen LogP contribution >= 0.6 is 23.2 Å². The van der Waals surface area contributed by atoms with Gasteiger partial charge >= 0.3 is 5.69 Å². The molecule has 0 fully saturated rings. The molecule has 1 amide bonds. The molecule has 0 spiro atoms. The van der Waals surface area contributed by atoms with Gasteiger partial charge < -0.3 is 5.32 Å². The van der Waals surface area contributed by atoms with E-state index < -0.39 is 22.9 Å². The fourth-order valence-corrected chi connectivity index (χ4v) is 1.63. The van der Waals surface area contributed by atoms with Gasteiger partial charge in [0.25, 0.3) is 11.5 Å². The van der Waals surface area contributed by atoms with Gasteiger partial charge in [0, 0.05) is 0 Å². The molecule has 98 valence electrons. The van der Waals surface area contributed by atoms with E-state index in [9.17, 15) is 14.4 Å². The summed E-state index contributed by atoms with van der Waals surface area (Å²) < 4.78 is 0. The Balaban J connectivity index is 2.34. The van der Waals surface area contributed by atoms with Crippen molar-refractivity contribution >= 4 is 34.8 Å². The number of carbonyl (C=O) groups is 1. The summed E-state index contributed by atoms with van der Waals surface area (Å²) in [4.78, 5) is 35.8. The lowest BCUT2D eigenvalue weighted by Gasteiger charge is -2.06. The van der Waals surface area contributed by atoms with Gasteiger partial charge in [-0.15, -0.1) is 0 Å². The van der Waals surface area contributed by atoms with E-state index in [4.69, 9.17) is 23.2 Å². The van der Waals surface area contributed by atoms with Gasteiger partial charge in [-0.05, 0) is 12.1 Å². The standard InChI is InChI=1S/C10H6Cl2N4O3/c11-4-2-1-3-5(6(4)12)13-8(17)7-9(18)14-10(19)16-15-7/h1-3H,(H,13,17)(H2,14,16,18,19). The summed E-state index contributed by atoms with van der Waals surface area (Å²) in [5.74, 6) is -0.818. The van der Waals surface area contributed by atoms with Crippen LogP contribution in [0.3, 0.4) is 0 Å². The Hall–Kier alpha value is -2.12. The largest absolute Gasteiger partial charge is 0.342 e. The molecule has 0 atom stereocenters. The SMILES string of the molecule is O=C(Nc1cccc(Cl)c1Cl)c1n[nH]c(=O)[nH]c1=O. The first-order valence-corrected chi connectivity index (χ1v) is 5.69. The molecule has 0 aliphatic heterocycles. The summed E-state index contributed by atoms with van der Waals surface area (Å²) in [7, 11) is 0. The minimum absolute atomic E-state index is 0.137. The lowest BCUT2D eigenvalue weighted by atomic mass is 10.3. The molecule has 0 radical (unpaired) electrons. The van der Waals surface area contributed by atoms with Gasteiger partial charge in [-0.3, -0.25) is 14.6 Å². The lowest BCUT2D eigenvalue weighted by molar-refractivity contribution is 0.101. The molecule has 1 aromatic heterocycles. The van der Waals surface area contributed by atoms with Gasteiger partial charge in [-0.1, -0.05) is 29.3 Å². The molecule has 0 bridgehead atoms. The summed E-state index contributed by atoms with van der Waals surface area (Å²) in [5.41, 5.74) is -1.97. The highest BCUT2D eigenvalue weighted by Crippen LogP contribution is 2.29. The molecule has 0 unspecified atom stereocenters. The Bertz CT molecular complexity index is 753. The van der Waals surface area contributed by atoms with E-state index in [0.717, 1.165) is 0 Å². The van der Waals surface area contributed by atoms with Gasteiger partial charge in [0.1, 0.15) is 0 Å². The van der Waals surface area contributed by atoms with Crippen LogP contribution in [-0.2, 0) is 0 Å². The van der Waals surface area contributed by atoms with Crippen LogP contribution in [0.25, 0.3) is 0 Å². The second-order valence-corrected chi connectivity index (χ2v) is 4.20. The zero-order valence-electron chi connectivity index (χ0n) is 9.16. The number of H-pyrrole nitrogens is 2. The molecular weight excluding hydrogens is 295 g/mol. The fourth-order valence-electron chi connectivity index (χ4n) is 1.28. The van der Waals surface area contributed by atoms with Gasteiger partial charge in [0.2, 0.25) is 5.69 Å². The van der Waals surface area contributed by atoms with Crippen LogP contribution in [0.5, 0.6) is 0 Å². The van der Waals surface area contributed by atoms with E-state index in [2.05, 4.69) is 10.4 Å². The van der Waals surface area contributed by atoms with Crippen molar-refractivity contribution in [1.29, 1.82) is 0 Å². The van der Waals surface area contributed by atoms with Gasteiger partial charge in [0.15, 0.2) is 0 Å². The predicted molar refractivity (Wildman–Crippen MR) is 69.9 cm³/mol. The minimum Gasteiger partial charge on any atom is -0.319 e. The molecular formula is C10H6Cl2N4O3. The quantitative estimate of drug-likeness (QED) is 0.769. The van der Waals surface area contributed by atoms with Crippen molar-refractivity contribution in [1.82, 2.24) is 15.2 Å².